The van der Waals surface area contributed by atoms with Crippen LogP contribution in [0.2, 0.25) is 10.0 Å². The van der Waals surface area contributed by atoms with E-state index < -0.39 is 46.8 Å². The number of carbonyl (C=O) groups excluding carboxylic acids is 4. The van der Waals surface area contributed by atoms with Crippen LogP contribution in [0.15, 0.2) is 66.7 Å². The average Bonchev–Trinajstić information content (AvgIpc) is 3.21. The lowest BCUT2D eigenvalue weighted by Gasteiger charge is -2.30. The molecular weight excluding hydrogens is 585 g/mol. The maximum absolute atomic E-state index is 13.7. The van der Waals surface area contributed by atoms with Gasteiger partial charge in [-0.15, -0.1) is 0 Å². The van der Waals surface area contributed by atoms with Crippen LogP contribution in [0, 0.1) is 27.9 Å². The Bertz CT molecular complexity index is 1580. The summed E-state index contributed by atoms with van der Waals surface area (Å²) in [7, 11) is 0. The van der Waals surface area contributed by atoms with Crippen molar-refractivity contribution in [3.63, 3.8) is 0 Å². The molecule has 10 nitrogen and oxygen atoms in total. The molecule has 0 unspecified atom stereocenters. The number of carbonyl (C=O) groups is 4. The van der Waals surface area contributed by atoms with E-state index >= 15 is 0 Å². The number of nitro benzene ring substituents is 1. The molecule has 42 heavy (non-hydrogen) atoms. The largest absolute Gasteiger partial charge is 0.457 e. The highest BCUT2D eigenvalue weighted by atomic mass is 35.5. The number of amides is 3. The quantitative estimate of drug-likeness (QED) is 0.126. The van der Waals surface area contributed by atoms with Crippen molar-refractivity contribution < 1.29 is 28.8 Å². The predicted molar refractivity (Wildman–Crippen MR) is 153 cm³/mol. The van der Waals surface area contributed by atoms with E-state index in [0.717, 1.165) is 16.4 Å². The number of benzene rings is 3. The van der Waals surface area contributed by atoms with E-state index in [0.29, 0.717) is 24.3 Å². The Hall–Kier alpha value is -4.28. The molecule has 3 aromatic rings. The molecule has 2 aliphatic rings. The topological polar surface area (TPSA) is 127 Å². The van der Waals surface area contributed by atoms with E-state index in [1.807, 2.05) is 6.92 Å². The van der Waals surface area contributed by atoms with Crippen LogP contribution >= 0.6 is 23.2 Å². The summed E-state index contributed by atoms with van der Waals surface area (Å²) in [6.45, 7) is 1.45. The number of ketones is 1. The number of nitrogens with zero attached hydrogens (tertiary/aromatic N) is 3. The third kappa shape index (κ3) is 5.86. The summed E-state index contributed by atoms with van der Waals surface area (Å²) >= 11 is 12.1. The van der Waals surface area contributed by atoms with Gasteiger partial charge >= 0.3 is 0 Å². The summed E-state index contributed by atoms with van der Waals surface area (Å²) < 4.78 is 5.70. The maximum atomic E-state index is 13.7. The first-order chi connectivity index (χ1) is 20.0. The van der Waals surface area contributed by atoms with E-state index in [4.69, 9.17) is 27.9 Å². The Morgan fingerprint density at radius 3 is 2.12 bits per heavy atom. The van der Waals surface area contributed by atoms with E-state index in [-0.39, 0.29) is 32.8 Å². The summed E-state index contributed by atoms with van der Waals surface area (Å²) in [4.78, 5) is 64.4. The van der Waals surface area contributed by atoms with Gasteiger partial charge in [-0.2, -0.15) is 5.01 Å². The van der Waals surface area contributed by atoms with Crippen LogP contribution in [0.1, 0.15) is 46.9 Å². The highest BCUT2D eigenvalue weighted by molar-refractivity contribution is 6.42. The molecule has 1 saturated heterocycles. The lowest BCUT2D eigenvalue weighted by molar-refractivity contribution is -0.384. The first-order valence-electron chi connectivity index (χ1n) is 13.2. The second-order valence-electron chi connectivity index (χ2n) is 10.4. The zero-order valence-electron chi connectivity index (χ0n) is 22.4. The molecule has 0 N–H and O–H groups in total. The van der Waals surface area contributed by atoms with Gasteiger partial charge in [0.2, 0.25) is 0 Å². The number of rotatable bonds is 8. The van der Waals surface area contributed by atoms with Crippen LogP contribution in [0.4, 0.5) is 5.69 Å². The number of Topliss-reactive ketones (excluding diaryl/α,β-unsaturated/α-hetero) is 1. The van der Waals surface area contributed by atoms with Gasteiger partial charge in [-0.05, 0) is 79.8 Å². The zero-order chi connectivity index (χ0) is 30.1. The summed E-state index contributed by atoms with van der Waals surface area (Å²) in [6, 6.07) is 15.7. The van der Waals surface area contributed by atoms with E-state index in [1.165, 1.54) is 66.7 Å². The van der Waals surface area contributed by atoms with Crippen LogP contribution in [0.25, 0.3) is 0 Å². The molecule has 3 aromatic carbocycles. The summed E-state index contributed by atoms with van der Waals surface area (Å²) in [5.74, 6) is -2.35. The summed E-state index contributed by atoms with van der Waals surface area (Å²) in [5.41, 5.74) is 0.197. The molecule has 2 fully saturated rings. The second kappa shape index (κ2) is 11.9. The Balaban J connectivity index is 1.39. The first kappa shape index (κ1) is 29.2. The summed E-state index contributed by atoms with van der Waals surface area (Å²) in [5, 5.41) is 12.9. The van der Waals surface area contributed by atoms with E-state index in [1.54, 1.807) is 0 Å². The van der Waals surface area contributed by atoms with Gasteiger partial charge in [0.05, 0.1) is 26.8 Å². The molecule has 3 amide bonds. The van der Waals surface area contributed by atoms with Crippen LogP contribution in [-0.2, 0) is 9.59 Å². The molecule has 0 spiro atoms. The molecule has 5 rings (SSSR count). The predicted octanol–water partition coefficient (Wildman–Crippen LogP) is 6.36. The normalized spacial score (nSPS) is 19.8. The van der Waals surface area contributed by atoms with Gasteiger partial charge in [0.1, 0.15) is 18.0 Å². The van der Waals surface area contributed by atoms with Crippen LogP contribution in [0.3, 0.4) is 0 Å². The van der Waals surface area contributed by atoms with Gasteiger partial charge in [-0.1, -0.05) is 30.1 Å². The van der Waals surface area contributed by atoms with Gasteiger partial charge in [-0.3, -0.25) is 29.3 Å². The number of fused-ring (bicyclic) bond motifs is 1. The van der Waals surface area contributed by atoms with Crippen molar-refractivity contribution in [2.45, 2.75) is 26.2 Å². The monoisotopic (exact) mass is 609 g/mol. The molecule has 3 atom stereocenters. The van der Waals surface area contributed by atoms with Crippen molar-refractivity contribution in [3.8, 4) is 11.5 Å². The van der Waals surface area contributed by atoms with Crippen molar-refractivity contribution in [2.24, 2.45) is 17.8 Å². The van der Waals surface area contributed by atoms with Crippen LogP contribution < -0.4 is 4.74 Å². The van der Waals surface area contributed by atoms with Crippen LogP contribution in [-0.4, -0.2) is 45.0 Å². The van der Waals surface area contributed by atoms with Crippen molar-refractivity contribution in [1.82, 2.24) is 10.0 Å². The fourth-order valence-electron chi connectivity index (χ4n) is 5.33. The fourth-order valence-corrected chi connectivity index (χ4v) is 5.63. The van der Waals surface area contributed by atoms with Gasteiger partial charge in [0.15, 0.2) is 5.78 Å². The number of ether oxygens (including phenoxy) is 1. The lowest BCUT2D eigenvalue weighted by Crippen LogP contribution is -2.52. The number of nitro groups is 1. The van der Waals surface area contributed by atoms with Gasteiger partial charge in [-0.25, -0.2) is 5.01 Å². The van der Waals surface area contributed by atoms with Gasteiger partial charge in [0, 0.05) is 23.3 Å². The molecule has 0 aromatic heterocycles. The SMILES string of the molecule is C[C@@H]1CC[C@H]2C(=O)N(N(CC(=O)c3ccc(Oc4ccc([N+](=O)[O-])cc4)cc3)C(=O)c3ccc(Cl)c(Cl)c3)C(=O)[C@H]2C1. The minimum absolute atomic E-state index is 0.0629. The van der Waals surface area contributed by atoms with Gasteiger partial charge in [0.25, 0.3) is 23.4 Å². The van der Waals surface area contributed by atoms with Crippen molar-refractivity contribution in [2.75, 3.05) is 6.54 Å². The minimum atomic E-state index is -0.742. The van der Waals surface area contributed by atoms with E-state index in [2.05, 4.69) is 0 Å². The maximum Gasteiger partial charge on any atom is 0.273 e. The molecule has 1 saturated carbocycles. The number of halogens is 2. The highest BCUT2D eigenvalue weighted by Gasteiger charge is 2.52. The molecule has 1 aliphatic heterocycles. The molecule has 0 bridgehead atoms. The third-order valence-corrected chi connectivity index (χ3v) is 8.30. The third-order valence-electron chi connectivity index (χ3n) is 7.56. The molecule has 1 aliphatic carbocycles. The number of hydrazine groups is 1. The number of non-ortho nitro benzene ring substituents is 1. The van der Waals surface area contributed by atoms with E-state index in [9.17, 15) is 29.3 Å². The smallest absolute Gasteiger partial charge is 0.273 e. The number of hydrogen-bond donors (Lipinski definition) is 0. The molecule has 216 valence electrons. The number of imide groups is 1. The molecular formula is C30H25Cl2N3O7. The van der Waals surface area contributed by atoms with Crippen molar-refractivity contribution in [1.29, 1.82) is 0 Å². The molecule has 12 heteroatoms. The average molecular weight is 610 g/mol. The van der Waals surface area contributed by atoms with Crippen LogP contribution in [0.5, 0.6) is 11.5 Å². The minimum Gasteiger partial charge on any atom is -0.457 e. The Morgan fingerprint density at radius 2 is 1.50 bits per heavy atom. The van der Waals surface area contributed by atoms with Crippen molar-refractivity contribution in [3.05, 3.63) is 98.0 Å². The molecule has 1 heterocycles. The van der Waals surface area contributed by atoms with Crippen molar-refractivity contribution >= 4 is 52.4 Å². The van der Waals surface area contributed by atoms with Gasteiger partial charge < -0.3 is 4.74 Å². The standard InChI is InChI=1S/C30H25Cl2N3O7/c1-17-2-12-23-24(14-17)30(39)34(29(23)38)33(28(37)19-5-13-25(31)26(32)15-19)16-27(36)18-3-8-21(9-4-18)42-22-10-6-20(7-11-22)35(40)41/h3-11,13,15,17,23-24H,2,12,14,16H2,1H3/t17-,23-,24+/m1/s1. The Labute approximate surface area is 250 Å². The fraction of sp³-hybridized carbons (Fsp3) is 0.267. The Morgan fingerprint density at radius 1 is 0.905 bits per heavy atom. The highest BCUT2D eigenvalue weighted by Crippen LogP contribution is 2.41. The first-order valence-corrected chi connectivity index (χ1v) is 14.0. The number of hydrogen-bond acceptors (Lipinski definition) is 7. The summed E-state index contributed by atoms with van der Waals surface area (Å²) in [6.07, 6.45) is 1.86. The molecule has 0 radical (unpaired) electrons. The second-order valence-corrected chi connectivity index (χ2v) is 11.2. The Kier molecular flexibility index (Phi) is 8.29. The lowest BCUT2D eigenvalue weighted by atomic mass is 9.76. The zero-order valence-corrected chi connectivity index (χ0v) is 23.9.